The number of carbonyl (C=O) groups is 2. The van der Waals surface area contributed by atoms with Crippen LogP contribution in [-0.4, -0.2) is 34.2 Å². The van der Waals surface area contributed by atoms with Crippen LogP contribution in [0.1, 0.15) is 20.7 Å². The summed E-state index contributed by atoms with van der Waals surface area (Å²) in [7, 11) is 1.36. The average molecular weight is 277 g/mol. The maximum absolute atomic E-state index is 11.9. The number of aromatic carboxylic acids is 1. The van der Waals surface area contributed by atoms with Crippen molar-refractivity contribution < 1.29 is 29.3 Å². The van der Waals surface area contributed by atoms with Gasteiger partial charge in [-0.2, -0.15) is 0 Å². The number of phenols is 1. The lowest BCUT2D eigenvalue weighted by molar-refractivity contribution is 0.0669. The normalized spacial score (nSPS) is 10.1. The van der Waals surface area contributed by atoms with E-state index in [1.54, 1.807) is 0 Å². The van der Waals surface area contributed by atoms with Gasteiger partial charge in [-0.3, -0.25) is 0 Å². The van der Waals surface area contributed by atoms with E-state index in [2.05, 4.69) is 4.98 Å². The Morgan fingerprint density at radius 3 is 2.55 bits per heavy atom. The topological polar surface area (TPSA) is 109 Å². The molecule has 2 rings (SSSR count). The number of ether oxygens (including phenoxy) is 2. The Morgan fingerprint density at radius 2 is 1.90 bits per heavy atom. The summed E-state index contributed by atoms with van der Waals surface area (Å²) in [4.78, 5) is 25.3. The Morgan fingerprint density at radius 1 is 1.20 bits per heavy atom. The quantitative estimate of drug-likeness (QED) is 0.579. The van der Waals surface area contributed by atoms with Gasteiger partial charge in [0.05, 0.1) is 18.2 Å². The highest BCUT2D eigenvalue weighted by atomic mass is 16.5. The summed E-state index contributed by atoms with van der Waals surface area (Å²) < 4.78 is 9.91. The van der Waals surface area contributed by atoms with Crippen LogP contribution in [0.25, 0.3) is 0 Å². The minimum atomic E-state index is -1.23. The zero-order valence-corrected chi connectivity index (χ0v) is 10.4. The van der Waals surface area contributed by atoms with Crippen LogP contribution in [-0.2, 0) is 0 Å². The molecule has 0 fully saturated rings. The first kappa shape index (κ1) is 13.5. The molecule has 0 unspecified atom stereocenters. The van der Waals surface area contributed by atoms with E-state index in [9.17, 15) is 14.7 Å². The fourth-order valence-electron chi connectivity index (χ4n) is 1.59. The number of carbonyl (C=O) groups excluding carboxylic acids is 1. The van der Waals surface area contributed by atoms with E-state index >= 15 is 0 Å². The molecule has 0 aliphatic rings. The van der Waals surface area contributed by atoms with Crippen molar-refractivity contribution in [2.75, 3.05) is 7.11 Å². The summed E-state index contributed by atoms with van der Waals surface area (Å²) in [5.74, 6) is -1.89. The summed E-state index contributed by atoms with van der Waals surface area (Å²) in [6.45, 7) is 0. The third kappa shape index (κ3) is 2.56. The molecule has 3 N–H and O–H groups in total. The third-order valence-corrected chi connectivity index (χ3v) is 2.56. The number of aromatic amines is 1. The fourth-order valence-corrected chi connectivity index (χ4v) is 1.59. The largest absolute Gasteiger partial charge is 0.504 e. The molecular formula is C13H11NO6. The SMILES string of the molecule is COc1cc(OC(=O)c2c[nH]cc2C(=O)O)ccc1O. The molecule has 0 atom stereocenters. The minimum absolute atomic E-state index is 0.0930. The minimum Gasteiger partial charge on any atom is -0.504 e. The molecule has 7 nitrogen and oxygen atoms in total. The first-order valence-electron chi connectivity index (χ1n) is 5.52. The van der Waals surface area contributed by atoms with Crippen LogP contribution in [0.5, 0.6) is 17.2 Å². The molecule has 2 aromatic rings. The number of esters is 1. The number of nitrogens with one attached hydrogen (secondary N) is 1. The number of rotatable bonds is 4. The molecule has 7 heteroatoms. The molecule has 1 aromatic carbocycles. The van der Waals surface area contributed by atoms with Gasteiger partial charge in [-0.25, -0.2) is 9.59 Å². The van der Waals surface area contributed by atoms with Gasteiger partial charge in [0.1, 0.15) is 5.75 Å². The van der Waals surface area contributed by atoms with Crippen molar-refractivity contribution in [3.63, 3.8) is 0 Å². The van der Waals surface area contributed by atoms with Crippen LogP contribution in [0.3, 0.4) is 0 Å². The molecule has 1 heterocycles. The van der Waals surface area contributed by atoms with Gasteiger partial charge in [-0.15, -0.1) is 0 Å². The lowest BCUT2D eigenvalue weighted by Gasteiger charge is -2.07. The van der Waals surface area contributed by atoms with Crippen molar-refractivity contribution in [2.24, 2.45) is 0 Å². The summed E-state index contributed by atoms with van der Waals surface area (Å²) >= 11 is 0. The fraction of sp³-hybridized carbons (Fsp3) is 0.0769. The number of methoxy groups -OCH3 is 1. The zero-order chi connectivity index (χ0) is 14.7. The van der Waals surface area contributed by atoms with Crippen LogP contribution in [0.2, 0.25) is 0 Å². The predicted octanol–water partition coefficient (Wildman–Crippen LogP) is 1.65. The van der Waals surface area contributed by atoms with Crippen LogP contribution >= 0.6 is 0 Å². The van der Waals surface area contributed by atoms with E-state index in [4.69, 9.17) is 14.6 Å². The molecule has 0 aliphatic carbocycles. The Hall–Kier alpha value is -2.96. The van der Waals surface area contributed by atoms with E-state index in [1.807, 2.05) is 0 Å². The van der Waals surface area contributed by atoms with Crippen molar-refractivity contribution in [1.29, 1.82) is 0 Å². The van der Waals surface area contributed by atoms with Crippen LogP contribution in [0, 0.1) is 0 Å². The van der Waals surface area contributed by atoms with E-state index < -0.39 is 11.9 Å². The molecule has 0 saturated carbocycles. The third-order valence-electron chi connectivity index (χ3n) is 2.56. The smallest absolute Gasteiger partial charge is 0.345 e. The Kier molecular flexibility index (Phi) is 3.60. The summed E-state index contributed by atoms with van der Waals surface area (Å²) in [6.07, 6.45) is 2.43. The molecule has 0 spiro atoms. The number of carboxylic acid groups (broad SMARTS) is 1. The predicted molar refractivity (Wildman–Crippen MR) is 67.4 cm³/mol. The van der Waals surface area contributed by atoms with Crippen molar-refractivity contribution in [3.8, 4) is 17.2 Å². The van der Waals surface area contributed by atoms with E-state index in [1.165, 1.54) is 37.7 Å². The first-order valence-corrected chi connectivity index (χ1v) is 5.52. The second-order valence-electron chi connectivity index (χ2n) is 3.81. The van der Waals surface area contributed by atoms with Gasteiger partial charge in [-0.1, -0.05) is 0 Å². The van der Waals surface area contributed by atoms with Gasteiger partial charge in [0.25, 0.3) is 0 Å². The Labute approximate surface area is 113 Å². The highest BCUT2D eigenvalue weighted by Gasteiger charge is 2.19. The second-order valence-corrected chi connectivity index (χ2v) is 3.81. The van der Waals surface area contributed by atoms with E-state index in [0.717, 1.165) is 0 Å². The Bertz CT molecular complexity index is 661. The molecule has 1 aromatic heterocycles. The maximum atomic E-state index is 11.9. The number of aromatic nitrogens is 1. The number of aromatic hydroxyl groups is 1. The zero-order valence-electron chi connectivity index (χ0n) is 10.4. The standard InChI is InChI=1S/C13H11NO6/c1-19-11-4-7(2-3-10(11)15)20-13(18)9-6-14-5-8(9)12(16)17/h2-6,14-15H,1H3,(H,16,17). The van der Waals surface area contributed by atoms with Gasteiger partial charge in [-0.05, 0) is 12.1 Å². The molecule has 0 amide bonds. The van der Waals surface area contributed by atoms with Gasteiger partial charge < -0.3 is 24.7 Å². The van der Waals surface area contributed by atoms with Gasteiger partial charge in [0.15, 0.2) is 11.5 Å². The maximum Gasteiger partial charge on any atom is 0.345 e. The summed E-state index contributed by atoms with van der Waals surface area (Å²) in [5.41, 5.74) is -0.273. The van der Waals surface area contributed by atoms with Gasteiger partial charge in [0, 0.05) is 18.5 Å². The molecule has 0 saturated heterocycles. The van der Waals surface area contributed by atoms with Crippen molar-refractivity contribution in [1.82, 2.24) is 4.98 Å². The first-order chi connectivity index (χ1) is 9.52. The van der Waals surface area contributed by atoms with Crippen LogP contribution in [0.15, 0.2) is 30.6 Å². The van der Waals surface area contributed by atoms with Crippen LogP contribution in [0.4, 0.5) is 0 Å². The molecule has 104 valence electrons. The number of phenolic OH excluding ortho intramolecular Hbond substituents is 1. The van der Waals surface area contributed by atoms with E-state index in [0.29, 0.717) is 0 Å². The highest BCUT2D eigenvalue weighted by Crippen LogP contribution is 2.30. The monoisotopic (exact) mass is 277 g/mol. The van der Waals surface area contributed by atoms with Crippen molar-refractivity contribution in [2.45, 2.75) is 0 Å². The van der Waals surface area contributed by atoms with Gasteiger partial charge >= 0.3 is 11.9 Å². The second kappa shape index (κ2) is 5.35. The molecular weight excluding hydrogens is 266 g/mol. The average Bonchev–Trinajstić information content (AvgIpc) is 2.90. The van der Waals surface area contributed by atoms with E-state index in [-0.39, 0.29) is 28.4 Å². The number of carboxylic acids is 1. The summed E-state index contributed by atoms with van der Waals surface area (Å²) in [6, 6.07) is 3.99. The highest BCUT2D eigenvalue weighted by molar-refractivity contribution is 6.03. The molecule has 0 bridgehead atoms. The Balaban J connectivity index is 2.23. The number of H-pyrrole nitrogens is 1. The number of hydrogen-bond acceptors (Lipinski definition) is 5. The lowest BCUT2D eigenvalue weighted by Crippen LogP contribution is -2.12. The van der Waals surface area contributed by atoms with Crippen molar-refractivity contribution in [3.05, 3.63) is 41.7 Å². The molecule has 0 radical (unpaired) electrons. The summed E-state index contributed by atoms with van der Waals surface area (Å²) in [5, 5.41) is 18.3. The van der Waals surface area contributed by atoms with Crippen LogP contribution < -0.4 is 9.47 Å². The molecule has 0 aliphatic heterocycles. The van der Waals surface area contributed by atoms with Gasteiger partial charge in [0.2, 0.25) is 0 Å². The number of hydrogen-bond donors (Lipinski definition) is 3. The molecule has 20 heavy (non-hydrogen) atoms. The van der Waals surface area contributed by atoms with Crippen molar-refractivity contribution >= 4 is 11.9 Å². The lowest BCUT2D eigenvalue weighted by atomic mass is 10.2. The number of benzene rings is 1.